The average molecular weight is 186 g/mol. The van der Waals surface area contributed by atoms with Crippen LogP contribution in [0.25, 0.3) is 5.57 Å². The molecule has 2 nitrogen and oxygen atoms in total. The quantitative estimate of drug-likeness (QED) is 0.674. The molecule has 0 bridgehead atoms. The van der Waals surface area contributed by atoms with E-state index in [2.05, 4.69) is 35.1 Å². The second-order valence-electron chi connectivity index (χ2n) is 3.59. The maximum atomic E-state index is 4.47. The van der Waals surface area contributed by atoms with Gasteiger partial charge in [-0.15, -0.1) is 0 Å². The van der Waals surface area contributed by atoms with Gasteiger partial charge >= 0.3 is 0 Å². The molecule has 0 atom stereocenters. The van der Waals surface area contributed by atoms with Gasteiger partial charge in [-0.3, -0.25) is 0 Å². The third kappa shape index (κ3) is 1.74. The zero-order valence-corrected chi connectivity index (χ0v) is 8.62. The molecule has 0 fully saturated rings. The third-order valence-corrected chi connectivity index (χ3v) is 2.36. The fraction of sp³-hybridized carbons (Fsp3) is 0.333. The van der Waals surface area contributed by atoms with Gasteiger partial charge in [-0.05, 0) is 37.8 Å². The van der Waals surface area contributed by atoms with Crippen molar-refractivity contribution in [3.8, 4) is 0 Å². The highest BCUT2D eigenvalue weighted by Crippen LogP contribution is 2.21. The molecule has 1 aromatic heterocycles. The first-order valence-electron chi connectivity index (χ1n) is 4.94. The summed E-state index contributed by atoms with van der Waals surface area (Å²) in [5.41, 5.74) is 3.46. The van der Waals surface area contributed by atoms with Gasteiger partial charge in [0.1, 0.15) is 5.82 Å². The first-order chi connectivity index (χ1) is 6.77. The molecule has 0 spiro atoms. The highest BCUT2D eigenvalue weighted by Gasteiger charge is 2.06. The van der Waals surface area contributed by atoms with E-state index in [9.17, 15) is 0 Å². The van der Waals surface area contributed by atoms with Gasteiger partial charge in [0.25, 0.3) is 0 Å². The Bertz CT molecular complexity index is 403. The molecule has 0 amide bonds. The summed E-state index contributed by atoms with van der Waals surface area (Å²) in [4.78, 5) is 8.64. The fourth-order valence-electron chi connectivity index (χ4n) is 1.61. The SMILES string of the molecule is Cc1ncc(C)c(C2=CCCC=C2)n1. The molecule has 2 heteroatoms. The molecule has 1 aromatic rings. The third-order valence-electron chi connectivity index (χ3n) is 2.36. The highest BCUT2D eigenvalue weighted by atomic mass is 14.9. The van der Waals surface area contributed by atoms with E-state index in [1.807, 2.05) is 13.1 Å². The minimum Gasteiger partial charge on any atom is -0.241 e. The molecule has 0 saturated carbocycles. The van der Waals surface area contributed by atoms with Crippen molar-refractivity contribution in [2.75, 3.05) is 0 Å². The lowest BCUT2D eigenvalue weighted by Crippen LogP contribution is -1.98. The second-order valence-corrected chi connectivity index (χ2v) is 3.59. The maximum Gasteiger partial charge on any atom is 0.125 e. The molecular weight excluding hydrogens is 172 g/mol. The van der Waals surface area contributed by atoms with Crippen LogP contribution in [0, 0.1) is 13.8 Å². The molecule has 14 heavy (non-hydrogen) atoms. The molecule has 72 valence electrons. The van der Waals surface area contributed by atoms with Crippen LogP contribution < -0.4 is 0 Å². The molecule has 0 unspecified atom stereocenters. The normalized spacial score (nSPS) is 15.4. The molecule has 0 aliphatic heterocycles. The van der Waals surface area contributed by atoms with E-state index in [0.29, 0.717) is 0 Å². The average Bonchev–Trinajstić information content (AvgIpc) is 2.23. The summed E-state index contributed by atoms with van der Waals surface area (Å²) in [5.74, 6) is 0.838. The largest absolute Gasteiger partial charge is 0.241 e. The van der Waals surface area contributed by atoms with Crippen molar-refractivity contribution in [1.82, 2.24) is 9.97 Å². The Labute approximate surface area is 84.4 Å². The summed E-state index contributed by atoms with van der Waals surface area (Å²) in [6.45, 7) is 3.98. The van der Waals surface area contributed by atoms with Gasteiger partial charge < -0.3 is 0 Å². The van der Waals surface area contributed by atoms with Gasteiger partial charge in [0.15, 0.2) is 0 Å². The van der Waals surface area contributed by atoms with Crippen LogP contribution in [0.5, 0.6) is 0 Å². The lowest BCUT2D eigenvalue weighted by molar-refractivity contribution is 0.998. The molecule has 0 N–H and O–H groups in total. The van der Waals surface area contributed by atoms with Crippen LogP contribution in [-0.2, 0) is 0 Å². The number of allylic oxidation sites excluding steroid dienone is 4. The number of rotatable bonds is 1. The van der Waals surface area contributed by atoms with Crippen molar-refractivity contribution in [3.05, 3.63) is 41.5 Å². The van der Waals surface area contributed by atoms with Crippen LogP contribution in [0.1, 0.15) is 29.9 Å². The molecule has 1 aliphatic rings. The molecule has 0 radical (unpaired) electrons. The van der Waals surface area contributed by atoms with Crippen molar-refractivity contribution < 1.29 is 0 Å². The van der Waals surface area contributed by atoms with E-state index in [-0.39, 0.29) is 0 Å². The standard InChI is InChI=1S/C12H14N2/c1-9-8-13-10(2)14-12(9)11-6-4-3-5-7-11/h4,6-8H,3,5H2,1-2H3. The molecule has 2 rings (SSSR count). The highest BCUT2D eigenvalue weighted by molar-refractivity contribution is 5.74. The first kappa shape index (κ1) is 9.13. The summed E-state index contributed by atoms with van der Waals surface area (Å²) < 4.78 is 0. The van der Waals surface area contributed by atoms with E-state index in [1.54, 1.807) is 0 Å². The van der Waals surface area contributed by atoms with Crippen molar-refractivity contribution in [1.29, 1.82) is 0 Å². The molecule has 0 aromatic carbocycles. The van der Waals surface area contributed by atoms with Gasteiger partial charge in [-0.2, -0.15) is 0 Å². The first-order valence-corrected chi connectivity index (χ1v) is 4.94. The Balaban J connectivity index is 2.44. The predicted octanol–water partition coefficient (Wildman–Crippen LogP) is 2.83. The molecule has 0 saturated heterocycles. The van der Waals surface area contributed by atoms with E-state index in [0.717, 1.165) is 29.9 Å². The van der Waals surface area contributed by atoms with Crippen LogP contribution in [-0.4, -0.2) is 9.97 Å². The number of aryl methyl sites for hydroxylation is 2. The topological polar surface area (TPSA) is 25.8 Å². The monoisotopic (exact) mass is 186 g/mol. The summed E-state index contributed by atoms with van der Waals surface area (Å²) >= 11 is 0. The number of aromatic nitrogens is 2. The van der Waals surface area contributed by atoms with Gasteiger partial charge in [-0.1, -0.05) is 18.2 Å². The van der Waals surface area contributed by atoms with Crippen LogP contribution in [0.2, 0.25) is 0 Å². The van der Waals surface area contributed by atoms with Crippen molar-refractivity contribution in [2.45, 2.75) is 26.7 Å². The van der Waals surface area contributed by atoms with Gasteiger partial charge in [0.05, 0.1) is 5.69 Å². The zero-order chi connectivity index (χ0) is 9.97. The zero-order valence-electron chi connectivity index (χ0n) is 8.62. The minimum absolute atomic E-state index is 0.838. The van der Waals surface area contributed by atoms with Gasteiger partial charge in [-0.25, -0.2) is 9.97 Å². The van der Waals surface area contributed by atoms with Crippen LogP contribution in [0.15, 0.2) is 24.4 Å². The number of nitrogens with zero attached hydrogens (tertiary/aromatic N) is 2. The molecule has 1 aliphatic carbocycles. The van der Waals surface area contributed by atoms with Crippen LogP contribution >= 0.6 is 0 Å². The molecular formula is C12H14N2. The van der Waals surface area contributed by atoms with Crippen LogP contribution in [0.3, 0.4) is 0 Å². The predicted molar refractivity (Wildman–Crippen MR) is 57.9 cm³/mol. The van der Waals surface area contributed by atoms with E-state index >= 15 is 0 Å². The van der Waals surface area contributed by atoms with E-state index < -0.39 is 0 Å². The van der Waals surface area contributed by atoms with Gasteiger partial charge in [0, 0.05) is 6.20 Å². The summed E-state index contributed by atoms with van der Waals surface area (Å²) in [6, 6.07) is 0. The van der Waals surface area contributed by atoms with Gasteiger partial charge in [0.2, 0.25) is 0 Å². The Morgan fingerprint density at radius 2 is 2.07 bits per heavy atom. The number of hydrogen-bond donors (Lipinski definition) is 0. The Morgan fingerprint density at radius 3 is 2.79 bits per heavy atom. The Morgan fingerprint density at radius 1 is 1.21 bits per heavy atom. The second kappa shape index (κ2) is 3.74. The molecule has 1 heterocycles. The maximum absolute atomic E-state index is 4.47. The summed E-state index contributed by atoms with van der Waals surface area (Å²) in [6.07, 6.45) is 10.8. The minimum atomic E-state index is 0.838. The van der Waals surface area contributed by atoms with E-state index in [1.165, 1.54) is 5.57 Å². The smallest absolute Gasteiger partial charge is 0.125 e. The fourth-order valence-corrected chi connectivity index (χ4v) is 1.61. The van der Waals surface area contributed by atoms with Crippen LogP contribution in [0.4, 0.5) is 0 Å². The van der Waals surface area contributed by atoms with Crippen molar-refractivity contribution >= 4 is 5.57 Å². The van der Waals surface area contributed by atoms with E-state index in [4.69, 9.17) is 0 Å². The number of hydrogen-bond acceptors (Lipinski definition) is 2. The Hall–Kier alpha value is -1.44. The Kier molecular flexibility index (Phi) is 2.44. The van der Waals surface area contributed by atoms with Crippen molar-refractivity contribution in [3.63, 3.8) is 0 Å². The van der Waals surface area contributed by atoms with Crippen molar-refractivity contribution in [2.24, 2.45) is 0 Å². The lowest BCUT2D eigenvalue weighted by Gasteiger charge is -2.09. The summed E-state index contributed by atoms with van der Waals surface area (Å²) in [5, 5.41) is 0. The lowest BCUT2D eigenvalue weighted by atomic mass is 10.0. The summed E-state index contributed by atoms with van der Waals surface area (Å²) in [7, 11) is 0.